The molecular weight excluding hydrogens is 566 g/mol. The van der Waals surface area contributed by atoms with Crippen molar-refractivity contribution in [2.24, 2.45) is 0 Å². The number of rotatable bonds is 5. The van der Waals surface area contributed by atoms with E-state index in [0.29, 0.717) is 10.6 Å². The summed E-state index contributed by atoms with van der Waals surface area (Å²) < 4.78 is 56.8. The number of aliphatic carboxylic acids is 1. The van der Waals surface area contributed by atoms with Crippen LogP contribution in [0.5, 0.6) is 0 Å². The number of benzene rings is 2. The lowest BCUT2D eigenvalue weighted by Gasteiger charge is -2.42. The van der Waals surface area contributed by atoms with Crippen LogP contribution in [0, 0.1) is 0 Å². The highest BCUT2D eigenvalue weighted by atomic mass is 35.5. The van der Waals surface area contributed by atoms with Gasteiger partial charge < -0.3 is 14.7 Å². The Morgan fingerprint density at radius 3 is 2.00 bits per heavy atom. The van der Waals surface area contributed by atoms with Crippen LogP contribution in [-0.4, -0.2) is 62.0 Å². The lowest BCUT2D eigenvalue weighted by atomic mass is 10.0. The van der Waals surface area contributed by atoms with E-state index in [0.717, 1.165) is 11.9 Å². The van der Waals surface area contributed by atoms with Crippen molar-refractivity contribution < 1.29 is 36.8 Å². The van der Waals surface area contributed by atoms with Gasteiger partial charge in [0.1, 0.15) is 6.61 Å². The lowest BCUT2D eigenvalue weighted by molar-refractivity contribution is -0.167. The van der Waals surface area contributed by atoms with E-state index >= 15 is 0 Å². The van der Waals surface area contributed by atoms with E-state index in [4.69, 9.17) is 37.8 Å². The van der Waals surface area contributed by atoms with Crippen LogP contribution in [-0.2, 0) is 25.1 Å². The van der Waals surface area contributed by atoms with Gasteiger partial charge in [0.15, 0.2) is 0 Å². The molecule has 1 fully saturated rings. The number of carboxylic acids is 1. The number of carbonyl (C=O) groups excluding carboxylic acids is 1. The topological polar surface area (TPSA) is 83.9 Å². The van der Waals surface area contributed by atoms with Gasteiger partial charge in [-0.1, -0.05) is 53.5 Å². The van der Waals surface area contributed by atoms with E-state index in [1.165, 1.54) is 4.90 Å². The minimum atomic E-state index is -4.49. The van der Waals surface area contributed by atoms with Crippen LogP contribution in [0.4, 0.5) is 13.2 Å². The van der Waals surface area contributed by atoms with Gasteiger partial charge in [-0.15, -0.1) is 0 Å². The molecule has 1 amide bonds. The third-order valence-electron chi connectivity index (χ3n) is 5.00. The number of amides is 1. The minimum Gasteiger partial charge on any atom is -0.481 e. The SMILES string of the molecule is CC(=O)O.CC(C)(C)S(=O)CC(CC(F)(F)F)N1C(=O)COCC1c1ccc(Cl)cc1.Clc1ccccc1. The van der Waals surface area contributed by atoms with Gasteiger partial charge >= 0.3 is 6.18 Å². The summed E-state index contributed by atoms with van der Waals surface area (Å²) in [4.78, 5) is 22.7. The average molecular weight is 599 g/mol. The fourth-order valence-corrected chi connectivity index (χ4v) is 4.73. The Hall–Kier alpha value is -2.14. The number of hydrogen-bond acceptors (Lipinski definition) is 4. The first-order valence-corrected chi connectivity index (χ1v) is 13.6. The highest BCUT2D eigenvalue weighted by Gasteiger charge is 2.43. The Bertz CT molecular complexity index is 1040. The zero-order valence-corrected chi connectivity index (χ0v) is 23.8. The summed E-state index contributed by atoms with van der Waals surface area (Å²) in [5.74, 6) is -1.62. The Balaban J connectivity index is 0.000000543. The number of nitrogens with zero attached hydrogens (tertiary/aromatic N) is 1. The summed E-state index contributed by atoms with van der Waals surface area (Å²) in [7, 11) is -1.55. The predicted octanol–water partition coefficient (Wildman–Crippen LogP) is 6.54. The van der Waals surface area contributed by atoms with Crippen LogP contribution < -0.4 is 0 Å². The number of halogens is 5. The van der Waals surface area contributed by atoms with Crippen molar-refractivity contribution in [2.75, 3.05) is 19.0 Å². The van der Waals surface area contributed by atoms with Gasteiger partial charge in [0, 0.05) is 38.3 Å². The van der Waals surface area contributed by atoms with E-state index in [1.807, 2.05) is 30.3 Å². The van der Waals surface area contributed by atoms with Gasteiger partial charge in [0.05, 0.1) is 25.1 Å². The summed E-state index contributed by atoms with van der Waals surface area (Å²) in [5, 5.41) is 8.69. The van der Waals surface area contributed by atoms with E-state index in [9.17, 15) is 22.2 Å². The molecule has 0 spiro atoms. The van der Waals surface area contributed by atoms with Gasteiger partial charge in [-0.3, -0.25) is 13.8 Å². The Morgan fingerprint density at radius 2 is 1.58 bits per heavy atom. The number of carboxylic acid groups (broad SMARTS) is 1. The molecule has 38 heavy (non-hydrogen) atoms. The second-order valence-electron chi connectivity index (χ2n) is 9.30. The highest BCUT2D eigenvalue weighted by molar-refractivity contribution is 7.86. The Morgan fingerprint density at radius 1 is 1.08 bits per heavy atom. The quantitative estimate of drug-likeness (QED) is 0.423. The van der Waals surface area contributed by atoms with Crippen molar-refractivity contribution in [3.8, 4) is 0 Å². The van der Waals surface area contributed by atoms with Crippen LogP contribution in [0.1, 0.15) is 45.7 Å². The van der Waals surface area contributed by atoms with Crippen molar-refractivity contribution >= 4 is 45.9 Å². The molecule has 6 nitrogen and oxygen atoms in total. The molecule has 0 bridgehead atoms. The first-order chi connectivity index (χ1) is 17.5. The van der Waals surface area contributed by atoms with Crippen LogP contribution in [0.2, 0.25) is 10.0 Å². The van der Waals surface area contributed by atoms with E-state index in [-0.39, 0.29) is 19.0 Å². The predicted molar refractivity (Wildman–Crippen MR) is 144 cm³/mol. The maximum Gasteiger partial charge on any atom is 0.391 e. The summed E-state index contributed by atoms with van der Waals surface area (Å²) >= 11 is 11.4. The molecule has 3 atom stereocenters. The summed E-state index contributed by atoms with van der Waals surface area (Å²) in [6.45, 7) is 5.97. The molecule has 2 aromatic rings. The summed E-state index contributed by atoms with van der Waals surface area (Å²) in [6, 6.07) is 14.1. The second-order valence-corrected chi connectivity index (χ2v) is 12.4. The number of hydrogen-bond donors (Lipinski definition) is 1. The minimum absolute atomic E-state index is 0.0733. The molecule has 0 aromatic heterocycles. The molecule has 1 N–H and O–H groups in total. The lowest BCUT2D eigenvalue weighted by Crippen LogP contribution is -2.53. The normalized spacial score (nSPS) is 17.3. The molecule has 2 aromatic carbocycles. The number of carbonyl (C=O) groups is 2. The monoisotopic (exact) mass is 597 g/mol. The maximum absolute atomic E-state index is 13.2. The molecule has 212 valence electrons. The van der Waals surface area contributed by atoms with Gasteiger partial charge in [-0.2, -0.15) is 13.2 Å². The maximum atomic E-state index is 13.2. The van der Waals surface area contributed by atoms with Crippen LogP contribution in [0.3, 0.4) is 0 Å². The van der Waals surface area contributed by atoms with Crippen LogP contribution >= 0.6 is 23.2 Å². The van der Waals surface area contributed by atoms with Crippen molar-refractivity contribution in [1.29, 1.82) is 0 Å². The molecule has 3 rings (SSSR count). The third-order valence-corrected chi connectivity index (χ3v) is 7.56. The average Bonchev–Trinajstić information content (AvgIpc) is 2.78. The molecule has 0 radical (unpaired) electrons. The fraction of sp³-hybridized carbons (Fsp3) is 0.462. The summed E-state index contributed by atoms with van der Waals surface area (Å²) in [5.41, 5.74) is 0.626. The zero-order chi connectivity index (χ0) is 29.1. The number of ether oxygens (including phenoxy) is 1. The van der Waals surface area contributed by atoms with Gasteiger partial charge in [0.2, 0.25) is 5.91 Å². The van der Waals surface area contributed by atoms with E-state index in [2.05, 4.69) is 0 Å². The van der Waals surface area contributed by atoms with Crippen molar-refractivity contribution in [1.82, 2.24) is 4.90 Å². The molecule has 12 heteroatoms. The van der Waals surface area contributed by atoms with Crippen molar-refractivity contribution in [3.05, 3.63) is 70.2 Å². The van der Waals surface area contributed by atoms with Gasteiger partial charge in [-0.25, -0.2) is 0 Å². The van der Waals surface area contributed by atoms with Gasteiger partial charge in [-0.05, 0) is 50.6 Å². The molecule has 1 saturated heterocycles. The van der Waals surface area contributed by atoms with Crippen molar-refractivity contribution in [2.45, 2.75) is 57.1 Å². The Kier molecular flexibility index (Phi) is 13.8. The van der Waals surface area contributed by atoms with E-state index < -0.39 is 52.1 Å². The summed E-state index contributed by atoms with van der Waals surface area (Å²) in [6.07, 6.45) is -5.71. The fourth-order valence-electron chi connectivity index (χ4n) is 3.33. The molecule has 1 aliphatic heterocycles. The molecule has 1 heterocycles. The molecular formula is C26H32Cl2F3NO5S. The second kappa shape index (κ2) is 15.5. The van der Waals surface area contributed by atoms with Crippen LogP contribution in [0.25, 0.3) is 0 Å². The van der Waals surface area contributed by atoms with E-state index in [1.54, 1.807) is 45.0 Å². The smallest absolute Gasteiger partial charge is 0.391 e. The van der Waals surface area contributed by atoms with Crippen LogP contribution in [0.15, 0.2) is 54.6 Å². The molecule has 0 saturated carbocycles. The molecule has 3 unspecified atom stereocenters. The van der Waals surface area contributed by atoms with Gasteiger partial charge in [0.25, 0.3) is 5.97 Å². The largest absolute Gasteiger partial charge is 0.481 e. The molecule has 0 aliphatic carbocycles. The first-order valence-electron chi connectivity index (χ1n) is 11.5. The highest BCUT2D eigenvalue weighted by Crippen LogP contribution is 2.34. The standard InChI is InChI=1S/C18H23ClF3NO3S.C6H5Cl.C2H4O2/c1-17(2,3)27(25)11-14(8-18(20,21)22)23-15(9-26-10-16(23)24)12-4-6-13(19)7-5-12;7-6-4-2-1-3-5-6;1-2(3)4/h4-7,14-15H,8-11H2,1-3H3;1-5H;1H3,(H,3,4). The third kappa shape index (κ3) is 13.1. The number of morpholine rings is 1. The molecule has 1 aliphatic rings. The Labute approximate surface area is 233 Å². The van der Waals surface area contributed by atoms with Crippen molar-refractivity contribution in [3.63, 3.8) is 0 Å². The first kappa shape index (κ1) is 33.9. The number of alkyl halides is 3. The zero-order valence-electron chi connectivity index (χ0n) is 21.5.